The molecule has 1 aliphatic rings. The summed E-state index contributed by atoms with van der Waals surface area (Å²) in [7, 11) is 0. The molecule has 10 heteroatoms. The second kappa shape index (κ2) is 12.2. The molecule has 1 atom stereocenters. The summed E-state index contributed by atoms with van der Waals surface area (Å²) in [5.74, 6) is -1.05. The van der Waals surface area contributed by atoms with Crippen molar-refractivity contribution in [3.8, 4) is 22.5 Å². The van der Waals surface area contributed by atoms with Gasteiger partial charge in [0.05, 0.1) is 6.42 Å². The van der Waals surface area contributed by atoms with Gasteiger partial charge < -0.3 is 10.0 Å². The van der Waals surface area contributed by atoms with Crippen LogP contribution in [0.5, 0.6) is 0 Å². The molecule has 1 aliphatic heterocycles. The van der Waals surface area contributed by atoms with Gasteiger partial charge in [-0.1, -0.05) is 85.8 Å². The van der Waals surface area contributed by atoms with Crippen LogP contribution in [0.15, 0.2) is 78.9 Å². The molecule has 5 rings (SSSR count). The topological polar surface area (TPSA) is 130 Å². The molecule has 2 heterocycles. The number of tetrazole rings is 1. The largest absolute Gasteiger partial charge is 0.478 e. The average Bonchev–Trinajstić information content (AvgIpc) is 3.66. The number of nitrogens with zero attached hydrogens (tertiary/aromatic N) is 5. The summed E-state index contributed by atoms with van der Waals surface area (Å²) < 4.78 is 1.25. The van der Waals surface area contributed by atoms with Crippen molar-refractivity contribution in [2.75, 3.05) is 6.54 Å². The van der Waals surface area contributed by atoms with Gasteiger partial charge in [0.25, 0.3) is 0 Å². The molecule has 0 radical (unpaired) electrons. The van der Waals surface area contributed by atoms with Crippen LogP contribution in [0.4, 0.5) is 0 Å². The van der Waals surface area contributed by atoms with Crippen molar-refractivity contribution < 1.29 is 19.5 Å². The lowest BCUT2D eigenvalue weighted by molar-refractivity contribution is -0.159. The van der Waals surface area contributed by atoms with Gasteiger partial charge in [-0.15, -0.1) is 5.10 Å². The predicted molar refractivity (Wildman–Crippen MR) is 153 cm³/mol. The second-order valence-corrected chi connectivity index (χ2v) is 10.1. The molecule has 4 aromatic rings. The number of carboxylic acid groups (broad SMARTS) is 1. The third kappa shape index (κ3) is 5.78. The Morgan fingerprint density at radius 1 is 0.902 bits per heavy atom. The Hall–Kier alpha value is -4.70. The van der Waals surface area contributed by atoms with E-state index in [0.717, 1.165) is 27.8 Å². The third-order valence-corrected chi connectivity index (χ3v) is 7.42. The first-order valence-corrected chi connectivity index (χ1v) is 13.8. The molecule has 1 unspecified atom stereocenters. The van der Waals surface area contributed by atoms with Crippen molar-refractivity contribution in [3.05, 3.63) is 90.0 Å². The summed E-state index contributed by atoms with van der Waals surface area (Å²) in [6.07, 6.45) is 2.13. The summed E-state index contributed by atoms with van der Waals surface area (Å²) in [6.45, 7) is 2.59. The molecule has 0 aliphatic carbocycles. The van der Waals surface area contributed by atoms with Gasteiger partial charge in [0.15, 0.2) is 11.5 Å². The minimum Gasteiger partial charge on any atom is -0.478 e. The van der Waals surface area contributed by atoms with E-state index in [-0.39, 0.29) is 24.8 Å². The first-order chi connectivity index (χ1) is 19.9. The van der Waals surface area contributed by atoms with Crippen molar-refractivity contribution in [1.29, 1.82) is 0 Å². The van der Waals surface area contributed by atoms with Crippen LogP contribution in [0.1, 0.15) is 48.5 Å². The maximum absolute atomic E-state index is 13.2. The predicted octanol–water partition coefficient (Wildman–Crippen LogP) is 4.18. The molecule has 1 saturated heterocycles. The summed E-state index contributed by atoms with van der Waals surface area (Å²) in [6, 6.07) is 24.7. The summed E-state index contributed by atoms with van der Waals surface area (Å²) in [5.41, 5.74) is 2.76. The maximum atomic E-state index is 13.2. The fourth-order valence-electron chi connectivity index (χ4n) is 5.33. The third-order valence-electron chi connectivity index (χ3n) is 7.42. The number of likely N-dealkylation sites (tertiary alicyclic amines) is 1. The van der Waals surface area contributed by atoms with Crippen LogP contribution in [-0.2, 0) is 22.6 Å². The summed E-state index contributed by atoms with van der Waals surface area (Å²) in [5, 5.41) is 25.2. The number of carbonyl (C=O) groups is 3. The lowest BCUT2D eigenvalue weighted by atomic mass is 9.98. The Labute approximate surface area is 238 Å². The zero-order chi connectivity index (χ0) is 28.8. The molecule has 0 bridgehead atoms. The van der Waals surface area contributed by atoms with Crippen molar-refractivity contribution in [1.82, 2.24) is 30.4 Å². The highest BCUT2D eigenvalue weighted by Crippen LogP contribution is 2.32. The van der Waals surface area contributed by atoms with E-state index in [0.29, 0.717) is 38.1 Å². The molecular formula is C31H32N6O4. The van der Waals surface area contributed by atoms with Crippen LogP contribution in [0.3, 0.4) is 0 Å². The Bertz CT molecular complexity index is 1540. The van der Waals surface area contributed by atoms with Gasteiger partial charge in [0.1, 0.15) is 0 Å². The lowest BCUT2D eigenvalue weighted by Gasteiger charge is -2.35. The van der Waals surface area contributed by atoms with Crippen LogP contribution >= 0.6 is 0 Å². The van der Waals surface area contributed by atoms with E-state index in [1.807, 2.05) is 85.8 Å². The Morgan fingerprint density at radius 2 is 1.61 bits per heavy atom. The van der Waals surface area contributed by atoms with Crippen molar-refractivity contribution in [3.63, 3.8) is 0 Å². The first kappa shape index (κ1) is 27.9. The van der Waals surface area contributed by atoms with Crippen LogP contribution in [0, 0.1) is 0 Å². The van der Waals surface area contributed by atoms with Crippen molar-refractivity contribution in [2.45, 2.75) is 51.2 Å². The number of nitrogens with one attached hydrogen (secondary N) is 1. The molecule has 1 amide bonds. The van der Waals surface area contributed by atoms with E-state index in [2.05, 4.69) is 20.8 Å². The fraction of sp³-hybridized carbons (Fsp3) is 0.290. The van der Waals surface area contributed by atoms with Gasteiger partial charge in [-0.2, -0.15) is 4.68 Å². The molecule has 1 aromatic heterocycles. The second-order valence-electron chi connectivity index (χ2n) is 10.1. The Balaban J connectivity index is 1.34. The quantitative estimate of drug-likeness (QED) is 0.280. The monoisotopic (exact) mass is 552 g/mol. The number of hydrogen-bond acceptors (Lipinski definition) is 7. The zero-order valence-corrected chi connectivity index (χ0v) is 22.9. The summed E-state index contributed by atoms with van der Waals surface area (Å²) >= 11 is 0. The highest BCUT2D eigenvalue weighted by Gasteiger charge is 2.49. The van der Waals surface area contributed by atoms with Crippen LogP contribution in [0.25, 0.3) is 22.5 Å². The average molecular weight is 553 g/mol. The van der Waals surface area contributed by atoms with Crippen LogP contribution < -0.4 is 5.32 Å². The van der Waals surface area contributed by atoms with E-state index in [9.17, 15) is 19.5 Å². The zero-order valence-electron chi connectivity index (χ0n) is 22.9. The molecule has 2 N–H and O–H groups in total. The molecule has 10 nitrogen and oxygen atoms in total. The number of aliphatic carboxylic acids is 1. The molecule has 0 spiro atoms. The molecular weight excluding hydrogens is 520 g/mol. The first-order valence-electron chi connectivity index (χ1n) is 13.8. The normalized spacial score (nSPS) is 16.6. The van der Waals surface area contributed by atoms with Gasteiger partial charge in [0.2, 0.25) is 11.8 Å². The Morgan fingerprint density at radius 3 is 2.32 bits per heavy atom. The van der Waals surface area contributed by atoms with Crippen LogP contribution in [0.2, 0.25) is 0 Å². The van der Waals surface area contributed by atoms with E-state index in [4.69, 9.17) is 0 Å². The SMILES string of the molecule is CCCC(=O)n1nnnc1-c1ccccc1-c1ccc(CNC2(C(=O)O)CCCN2C(=O)Cc2ccccc2)cc1. The number of benzene rings is 3. The van der Waals surface area contributed by atoms with E-state index in [1.165, 1.54) is 9.58 Å². The van der Waals surface area contributed by atoms with Gasteiger partial charge >= 0.3 is 5.97 Å². The van der Waals surface area contributed by atoms with E-state index < -0.39 is 11.6 Å². The van der Waals surface area contributed by atoms with Gasteiger partial charge in [-0.05, 0) is 51.9 Å². The smallest absolute Gasteiger partial charge is 0.344 e. The fourth-order valence-corrected chi connectivity index (χ4v) is 5.33. The van der Waals surface area contributed by atoms with E-state index >= 15 is 0 Å². The van der Waals surface area contributed by atoms with Gasteiger partial charge in [0, 0.05) is 25.1 Å². The lowest BCUT2D eigenvalue weighted by Crippen LogP contribution is -2.62. The number of rotatable bonds is 10. The number of amides is 1. The molecule has 3 aromatic carbocycles. The standard InChI is InChI=1S/C31H32N6O4/c1-2-9-27(38)37-29(33-34-35-37)26-13-7-6-12-25(26)24-16-14-23(15-17-24)21-32-31(30(40)41)18-8-19-36(31)28(39)20-22-10-4-3-5-11-22/h3-7,10-17,32H,2,8-9,18-21H2,1H3,(H,40,41). The van der Waals surface area contributed by atoms with Crippen molar-refractivity contribution >= 4 is 17.8 Å². The number of carbonyl (C=O) groups excluding carboxylic acids is 2. The molecule has 1 fully saturated rings. The molecule has 210 valence electrons. The molecule has 41 heavy (non-hydrogen) atoms. The highest BCUT2D eigenvalue weighted by atomic mass is 16.4. The minimum atomic E-state index is -1.46. The summed E-state index contributed by atoms with van der Waals surface area (Å²) in [4.78, 5) is 39.7. The number of aromatic nitrogens is 4. The number of carboxylic acids is 1. The van der Waals surface area contributed by atoms with Crippen LogP contribution in [-0.4, -0.2) is 60.2 Å². The Kier molecular flexibility index (Phi) is 8.30. The maximum Gasteiger partial charge on any atom is 0.344 e. The minimum absolute atomic E-state index is 0.152. The van der Waals surface area contributed by atoms with Crippen molar-refractivity contribution in [2.24, 2.45) is 0 Å². The van der Waals surface area contributed by atoms with Gasteiger partial charge in [-0.3, -0.25) is 14.9 Å². The van der Waals surface area contributed by atoms with Gasteiger partial charge in [-0.25, -0.2) is 4.79 Å². The van der Waals surface area contributed by atoms with E-state index in [1.54, 1.807) is 0 Å². The highest BCUT2D eigenvalue weighted by molar-refractivity contribution is 5.89. The number of hydrogen-bond donors (Lipinski definition) is 2. The molecule has 0 saturated carbocycles.